The van der Waals surface area contributed by atoms with Crippen molar-refractivity contribution in [2.24, 2.45) is 0 Å². The first-order valence-corrected chi connectivity index (χ1v) is 5.90. The molecule has 1 aromatic heterocycles. The first-order chi connectivity index (χ1) is 9.17. The minimum Gasteiger partial charge on any atom is -0.338 e. The first-order valence-electron chi connectivity index (χ1n) is 5.52. The number of hydrogen-bond donors (Lipinski definition) is 1. The number of aromatic nitrogens is 2. The highest BCUT2D eigenvalue weighted by Crippen LogP contribution is 2.24. The van der Waals surface area contributed by atoms with Crippen molar-refractivity contribution >= 4 is 22.6 Å². The Hall–Kier alpha value is -2.38. The molecule has 0 fully saturated rings. The van der Waals surface area contributed by atoms with Crippen molar-refractivity contribution < 1.29 is 4.39 Å². The Morgan fingerprint density at radius 3 is 2.79 bits per heavy atom. The van der Waals surface area contributed by atoms with Gasteiger partial charge in [-0.15, -0.1) is 0 Å². The summed E-state index contributed by atoms with van der Waals surface area (Å²) in [7, 11) is 0. The minimum absolute atomic E-state index is 0.0756. The maximum Gasteiger partial charge on any atom is 0.142 e. The molecule has 3 aromatic rings. The van der Waals surface area contributed by atoms with E-state index in [1.54, 1.807) is 24.3 Å². The summed E-state index contributed by atoms with van der Waals surface area (Å²) in [5.74, 6) is 0.0537. The van der Waals surface area contributed by atoms with E-state index in [2.05, 4.69) is 16.0 Å². The summed E-state index contributed by atoms with van der Waals surface area (Å²) < 4.78 is 13.4. The van der Waals surface area contributed by atoms with E-state index in [-0.39, 0.29) is 5.02 Å². The summed E-state index contributed by atoms with van der Waals surface area (Å²) in [6.45, 7) is 0. The molecule has 92 valence electrons. The van der Waals surface area contributed by atoms with Crippen LogP contribution < -0.4 is 0 Å². The molecular weight excluding hydrogens is 265 g/mol. The van der Waals surface area contributed by atoms with E-state index in [0.29, 0.717) is 17.0 Å². The molecule has 0 spiro atoms. The molecule has 0 saturated carbocycles. The number of fused-ring (bicyclic) bond motifs is 1. The number of benzene rings is 2. The maximum absolute atomic E-state index is 13.4. The molecule has 3 rings (SSSR count). The van der Waals surface area contributed by atoms with E-state index in [1.807, 2.05) is 0 Å². The lowest BCUT2D eigenvalue weighted by molar-refractivity contribution is 0.628. The van der Waals surface area contributed by atoms with Crippen LogP contribution in [0.3, 0.4) is 0 Å². The van der Waals surface area contributed by atoms with Crippen molar-refractivity contribution in [2.75, 3.05) is 0 Å². The van der Waals surface area contributed by atoms with Gasteiger partial charge in [0.1, 0.15) is 11.6 Å². The summed E-state index contributed by atoms with van der Waals surface area (Å²) in [6, 6.07) is 11.7. The molecule has 0 amide bonds. The van der Waals surface area contributed by atoms with Gasteiger partial charge in [-0.2, -0.15) is 5.26 Å². The van der Waals surface area contributed by atoms with E-state index >= 15 is 0 Å². The van der Waals surface area contributed by atoms with Gasteiger partial charge >= 0.3 is 0 Å². The second-order valence-electron chi connectivity index (χ2n) is 4.06. The summed E-state index contributed by atoms with van der Waals surface area (Å²) in [5.41, 5.74) is 2.62. The fourth-order valence-corrected chi connectivity index (χ4v) is 1.98. The topological polar surface area (TPSA) is 52.5 Å². The normalized spacial score (nSPS) is 10.6. The monoisotopic (exact) mass is 271 g/mol. The number of H-pyrrole nitrogens is 1. The first kappa shape index (κ1) is 11.7. The van der Waals surface area contributed by atoms with Crippen LogP contribution >= 0.6 is 11.6 Å². The lowest BCUT2D eigenvalue weighted by Crippen LogP contribution is -1.83. The van der Waals surface area contributed by atoms with Gasteiger partial charge in [0.2, 0.25) is 0 Å². The predicted octanol–water partition coefficient (Wildman–Crippen LogP) is 3.89. The highest BCUT2D eigenvalue weighted by Gasteiger charge is 2.08. The number of imidazole rings is 1. The maximum atomic E-state index is 13.4. The van der Waals surface area contributed by atoms with Gasteiger partial charge in [-0.05, 0) is 36.4 Å². The quantitative estimate of drug-likeness (QED) is 0.730. The molecule has 5 heteroatoms. The highest BCUT2D eigenvalue weighted by atomic mass is 35.5. The molecule has 19 heavy (non-hydrogen) atoms. The van der Waals surface area contributed by atoms with Crippen molar-refractivity contribution in [3.8, 4) is 17.5 Å². The van der Waals surface area contributed by atoms with Gasteiger partial charge < -0.3 is 4.98 Å². The molecule has 0 atom stereocenters. The highest BCUT2D eigenvalue weighted by molar-refractivity contribution is 6.30. The minimum atomic E-state index is -0.489. The van der Waals surface area contributed by atoms with Crippen molar-refractivity contribution in [1.29, 1.82) is 5.26 Å². The molecule has 1 heterocycles. The van der Waals surface area contributed by atoms with Crippen molar-refractivity contribution in [3.63, 3.8) is 0 Å². The Balaban J connectivity index is 2.15. The SMILES string of the molecule is N#Cc1ccc2nc(-c3ccc(Cl)c(F)c3)[nH]c2c1. The summed E-state index contributed by atoms with van der Waals surface area (Å²) in [4.78, 5) is 7.42. The van der Waals surface area contributed by atoms with E-state index in [0.717, 1.165) is 11.0 Å². The zero-order valence-electron chi connectivity index (χ0n) is 9.61. The molecule has 1 N–H and O–H groups in total. The summed E-state index contributed by atoms with van der Waals surface area (Å²) in [6.07, 6.45) is 0. The average Bonchev–Trinajstić information content (AvgIpc) is 2.84. The van der Waals surface area contributed by atoms with Gasteiger partial charge in [-0.1, -0.05) is 11.6 Å². The Kier molecular flexibility index (Phi) is 2.69. The van der Waals surface area contributed by atoms with Gasteiger partial charge in [0.15, 0.2) is 0 Å². The third-order valence-electron chi connectivity index (χ3n) is 2.80. The largest absolute Gasteiger partial charge is 0.338 e. The smallest absolute Gasteiger partial charge is 0.142 e. The van der Waals surface area contributed by atoms with E-state index in [4.69, 9.17) is 16.9 Å². The molecule has 0 radical (unpaired) electrons. The van der Waals surface area contributed by atoms with Gasteiger partial charge in [0.25, 0.3) is 0 Å². The fourth-order valence-electron chi connectivity index (χ4n) is 1.86. The zero-order valence-corrected chi connectivity index (χ0v) is 10.4. The van der Waals surface area contributed by atoms with E-state index in [9.17, 15) is 4.39 Å². The third-order valence-corrected chi connectivity index (χ3v) is 3.11. The van der Waals surface area contributed by atoms with Gasteiger partial charge in [-0.25, -0.2) is 9.37 Å². The van der Waals surface area contributed by atoms with Crippen LogP contribution in [0.2, 0.25) is 5.02 Å². The van der Waals surface area contributed by atoms with Crippen LogP contribution in [0.15, 0.2) is 36.4 Å². The second-order valence-corrected chi connectivity index (χ2v) is 4.47. The predicted molar refractivity (Wildman–Crippen MR) is 71.2 cm³/mol. The Morgan fingerprint density at radius 1 is 1.21 bits per heavy atom. The van der Waals surface area contributed by atoms with Crippen molar-refractivity contribution in [1.82, 2.24) is 9.97 Å². The average molecular weight is 272 g/mol. The number of aromatic amines is 1. The number of hydrogen-bond acceptors (Lipinski definition) is 2. The van der Waals surface area contributed by atoms with Crippen LogP contribution in [0, 0.1) is 17.1 Å². The fraction of sp³-hybridized carbons (Fsp3) is 0. The van der Waals surface area contributed by atoms with Crippen molar-refractivity contribution in [2.45, 2.75) is 0 Å². The van der Waals surface area contributed by atoms with Crippen LogP contribution in [0.4, 0.5) is 4.39 Å². The number of rotatable bonds is 1. The summed E-state index contributed by atoms with van der Waals surface area (Å²) in [5, 5.41) is 8.91. The third kappa shape index (κ3) is 2.05. The van der Waals surface area contributed by atoms with Gasteiger partial charge in [0, 0.05) is 5.56 Å². The molecule has 2 aromatic carbocycles. The van der Waals surface area contributed by atoms with Crippen LogP contribution in [-0.4, -0.2) is 9.97 Å². The number of nitriles is 1. The lowest BCUT2D eigenvalue weighted by atomic mass is 10.2. The molecule has 0 aliphatic carbocycles. The van der Waals surface area contributed by atoms with Crippen LogP contribution in [-0.2, 0) is 0 Å². The van der Waals surface area contributed by atoms with Crippen LogP contribution in [0.1, 0.15) is 5.56 Å². The van der Waals surface area contributed by atoms with Crippen LogP contribution in [0.25, 0.3) is 22.4 Å². The molecule has 0 saturated heterocycles. The van der Waals surface area contributed by atoms with Crippen LogP contribution in [0.5, 0.6) is 0 Å². The summed E-state index contributed by atoms with van der Waals surface area (Å²) >= 11 is 5.64. The van der Waals surface area contributed by atoms with Gasteiger partial charge in [-0.3, -0.25) is 0 Å². The number of nitrogens with zero attached hydrogens (tertiary/aromatic N) is 2. The molecule has 3 nitrogen and oxygen atoms in total. The number of nitrogens with one attached hydrogen (secondary N) is 1. The number of halogens is 2. The molecule has 0 aliphatic rings. The standard InChI is InChI=1S/C14H7ClFN3/c15-10-3-2-9(6-11(10)16)14-18-12-4-1-8(7-17)5-13(12)19-14/h1-6H,(H,18,19). The molecular formula is C14H7ClFN3. The zero-order chi connectivity index (χ0) is 13.4. The Labute approximate surface area is 113 Å². The van der Waals surface area contributed by atoms with Gasteiger partial charge in [0.05, 0.1) is 27.7 Å². The van der Waals surface area contributed by atoms with E-state index < -0.39 is 5.82 Å². The lowest BCUT2D eigenvalue weighted by Gasteiger charge is -1.98. The molecule has 0 bridgehead atoms. The molecule has 0 aliphatic heterocycles. The molecule has 0 unspecified atom stereocenters. The second kappa shape index (κ2) is 4.38. The van der Waals surface area contributed by atoms with Crippen molar-refractivity contribution in [3.05, 3.63) is 52.8 Å². The Morgan fingerprint density at radius 2 is 2.05 bits per heavy atom. The van der Waals surface area contributed by atoms with E-state index in [1.165, 1.54) is 12.1 Å². The Bertz CT molecular complexity index is 817.